The SMILES string of the molecule is O=[N+]([O-])C=Cc1ccc(C(F)(F)F)nc1C1CC1. The van der Waals surface area contributed by atoms with Gasteiger partial charge in [0.2, 0.25) is 6.20 Å². The van der Waals surface area contributed by atoms with Gasteiger partial charge >= 0.3 is 6.18 Å². The maximum atomic E-state index is 12.5. The minimum absolute atomic E-state index is 0.0151. The van der Waals surface area contributed by atoms with Crippen LogP contribution in [0.5, 0.6) is 0 Å². The van der Waals surface area contributed by atoms with E-state index >= 15 is 0 Å². The van der Waals surface area contributed by atoms with Crippen LogP contribution in [-0.2, 0) is 6.18 Å². The molecule has 0 aromatic carbocycles. The monoisotopic (exact) mass is 258 g/mol. The molecule has 0 aliphatic heterocycles. The van der Waals surface area contributed by atoms with Crippen molar-refractivity contribution in [1.82, 2.24) is 4.98 Å². The van der Waals surface area contributed by atoms with E-state index in [1.165, 1.54) is 12.1 Å². The van der Waals surface area contributed by atoms with Crippen molar-refractivity contribution in [3.05, 3.63) is 45.4 Å². The summed E-state index contributed by atoms with van der Waals surface area (Å²) in [6.07, 6.45) is -1.06. The van der Waals surface area contributed by atoms with Gasteiger partial charge in [-0.25, -0.2) is 4.98 Å². The summed E-state index contributed by atoms with van der Waals surface area (Å²) in [7, 11) is 0. The fraction of sp³-hybridized carbons (Fsp3) is 0.364. The molecular formula is C11H9F3N2O2. The molecule has 2 rings (SSSR count). The Hall–Kier alpha value is -1.92. The summed E-state index contributed by atoms with van der Waals surface area (Å²) in [6, 6.07) is 2.06. The van der Waals surface area contributed by atoms with Crippen molar-refractivity contribution < 1.29 is 18.1 Å². The molecule has 0 saturated heterocycles. The number of halogens is 3. The van der Waals surface area contributed by atoms with E-state index in [-0.39, 0.29) is 5.92 Å². The lowest BCUT2D eigenvalue weighted by atomic mass is 10.1. The number of rotatable bonds is 3. The Balaban J connectivity index is 2.39. The van der Waals surface area contributed by atoms with Crippen molar-refractivity contribution in [3.8, 4) is 0 Å². The van der Waals surface area contributed by atoms with E-state index in [0.29, 0.717) is 17.5 Å². The van der Waals surface area contributed by atoms with Crippen molar-refractivity contribution in [2.45, 2.75) is 24.9 Å². The topological polar surface area (TPSA) is 56.0 Å². The van der Waals surface area contributed by atoms with Gasteiger partial charge in [-0.3, -0.25) is 10.1 Å². The summed E-state index contributed by atoms with van der Waals surface area (Å²) in [5.74, 6) is -0.0151. The Labute approximate surface area is 100 Å². The van der Waals surface area contributed by atoms with Crippen molar-refractivity contribution in [1.29, 1.82) is 0 Å². The Morgan fingerprint density at radius 3 is 2.56 bits per heavy atom. The molecule has 18 heavy (non-hydrogen) atoms. The third-order valence-corrected chi connectivity index (χ3v) is 2.59. The zero-order valence-electron chi connectivity index (χ0n) is 9.15. The number of hydrogen-bond acceptors (Lipinski definition) is 3. The zero-order valence-corrected chi connectivity index (χ0v) is 9.15. The van der Waals surface area contributed by atoms with Crippen LogP contribution in [0.2, 0.25) is 0 Å². The minimum Gasteiger partial charge on any atom is -0.259 e. The van der Waals surface area contributed by atoms with E-state index in [1.54, 1.807) is 0 Å². The molecule has 4 nitrogen and oxygen atoms in total. The Morgan fingerprint density at radius 2 is 2.06 bits per heavy atom. The molecule has 1 aliphatic rings. The van der Waals surface area contributed by atoms with Gasteiger partial charge < -0.3 is 0 Å². The molecule has 0 bridgehead atoms. The summed E-state index contributed by atoms with van der Waals surface area (Å²) in [5.41, 5.74) is -0.284. The van der Waals surface area contributed by atoms with Crippen LogP contribution in [0.3, 0.4) is 0 Å². The average Bonchev–Trinajstić information content (AvgIpc) is 3.08. The van der Waals surface area contributed by atoms with Crippen molar-refractivity contribution in [3.63, 3.8) is 0 Å². The Kier molecular flexibility index (Phi) is 3.06. The maximum Gasteiger partial charge on any atom is 0.433 e. The van der Waals surface area contributed by atoms with Crippen LogP contribution in [0.1, 0.15) is 35.7 Å². The van der Waals surface area contributed by atoms with E-state index < -0.39 is 16.8 Å². The number of aromatic nitrogens is 1. The van der Waals surface area contributed by atoms with E-state index in [1.807, 2.05) is 0 Å². The molecule has 0 amide bonds. The van der Waals surface area contributed by atoms with Gasteiger partial charge in [0.25, 0.3) is 0 Å². The van der Waals surface area contributed by atoms with E-state index in [0.717, 1.165) is 18.9 Å². The molecule has 0 radical (unpaired) electrons. The fourth-order valence-electron chi connectivity index (χ4n) is 1.61. The highest BCUT2D eigenvalue weighted by Crippen LogP contribution is 2.42. The normalized spacial score (nSPS) is 16.2. The van der Waals surface area contributed by atoms with Crippen LogP contribution in [0.25, 0.3) is 6.08 Å². The van der Waals surface area contributed by atoms with E-state index in [4.69, 9.17) is 0 Å². The van der Waals surface area contributed by atoms with Crippen LogP contribution in [0, 0.1) is 10.1 Å². The van der Waals surface area contributed by atoms with Gasteiger partial charge in [-0.1, -0.05) is 6.07 Å². The largest absolute Gasteiger partial charge is 0.433 e. The van der Waals surface area contributed by atoms with Gasteiger partial charge in [0, 0.05) is 17.6 Å². The second-order valence-corrected chi connectivity index (χ2v) is 4.04. The minimum atomic E-state index is -4.49. The smallest absolute Gasteiger partial charge is 0.259 e. The molecule has 1 fully saturated rings. The molecule has 0 N–H and O–H groups in total. The first-order valence-corrected chi connectivity index (χ1v) is 5.28. The van der Waals surface area contributed by atoms with Gasteiger partial charge in [0.15, 0.2) is 0 Å². The molecule has 0 atom stereocenters. The molecule has 1 aliphatic carbocycles. The van der Waals surface area contributed by atoms with Crippen molar-refractivity contribution >= 4 is 6.08 Å². The third kappa shape index (κ3) is 2.85. The quantitative estimate of drug-likeness (QED) is 0.617. The zero-order chi connectivity index (χ0) is 13.3. The second kappa shape index (κ2) is 4.40. The summed E-state index contributed by atoms with van der Waals surface area (Å²) in [6.45, 7) is 0. The van der Waals surface area contributed by atoms with E-state index in [9.17, 15) is 23.3 Å². The molecule has 1 aromatic rings. The third-order valence-electron chi connectivity index (χ3n) is 2.59. The van der Waals surface area contributed by atoms with E-state index in [2.05, 4.69) is 4.98 Å². The highest BCUT2D eigenvalue weighted by molar-refractivity contribution is 5.53. The molecule has 1 saturated carbocycles. The molecule has 1 aromatic heterocycles. The number of alkyl halides is 3. The molecule has 1 heterocycles. The predicted molar refractivity (Wildman–Crippen MR) is 57.2 cm³/mol. The van der Waals surface area contributed by atoms with Crippen LogP contribution >= 0.6 is 0 Å². The molecule has 96 valence electrons. The molecule has 7 heteroatoms. The Bertz CT molecular complexity index is 508. The summed E-state index contributed by atoms with van der Waals surface area (Å²) < 4.78 is 37.5. The first kappa shape index (κ1) is 12.5. The van der Waals surface area contributed by atoms with Crippen molar-refractivity contribution in [2.24, 2.45) is 0 Å². The first-order chi connectivity index (χ1) is 8.38. The summed E-state index contributed by atoms with van der Waals surface area (Å²) in [4.78, 5) is 13.1. The van der Waals surface area contributed by atoms with Crippen molar-refractivity contribution in [2.75, 3.05) is 0 Å². The van der Waals surface area contributed by atoms with Crippen LogP contribution in [0.15, 0.2) is 18.3 Å². The highest BCUT2D eigenvalue weighted by Gasteiger charge is 2.35. The number of hydrogen-bond donors (Lipinski definition) is 0. The van der Waals surface area contributed by atoms with Crippen LogP contribution < -0.4 is 0 Å². The van der Waals surface area contributed by atoms with Crippen LogP contribution in [0.4, 0.5) is 13.2 Å². The van der Waals surface area contributed by atoms with Gasteiger partial charge in [0.05, 0.1) is 10.6 Å². The number of nitrogens with zero attached hydrogens (tertiary/aromatic N) is 2. The molecule has 0 spiro atoms. The standard InChI is InChI=1S/C11H9F3N2O2/c12-11(13,14)9-4-3-8(5-6-16(17)18)10(15-9)7-1-2-7/h3-7H,1-2H2. The lowest BCUT2D eigenvalue weighted by Gasteiger charge is -2.09. The molecule has 0 unspecified atom stereocenters. The number of pyridine rings is 1. The average molecular weight is 258 g/mol. The second-order valence-electron chi connectivity index (χ2n) is 4.04. The fourth-order valence-corrected chi connectivity index (χ4v) is 1.61. The summed E-state index contributed by atoms with van der Waals surface area (Å²) in [5, 5.41) is 10.2. The van der Waals surface area contributed by atoms with Gasteiger partial charge in [-0.05, 0) is 18.9 Å². The first-order valence-electron chi connectivity index (χ1n) is 5.28. The van der Waals surface area contributed by atoms with Crippen LogP contribution in [-0.4, -0.2) is 9.91 Å². The predicted octanol–water partition coefficient (Wildman–Crippen LogP) is 3.23. The Morgan fingerprint density at radius 1 is 1.39 bits per heavy atom. The summed E-state index contributed by atoms with van der Waals surface area (Å²) >= 11 is 0. The highest BCUT2D eigenvalue weighted by atomic mass is 19.4. The lowest BCUT2D eigenvalue weighted by Crippen LogP contribution is -2.10. The lowest BCUT2D eigenvalue weighted by molar-refractivity contribution is -0.400. The van der Waals surface area contributed by atoms with Gasteiger partial charge in [-0.2, -0.15) is 13.2 Å². The maximum absolute atomic E-state index is 12.5. The van der Waals surface area contributed by atoms with Gasteiger partial charge in [-0.15, -0.1) is 0 Å². The molecular weight excluding hydrogens is 249 g/mol. The van der Waals surface area contributed by atoms with Gasteiger partial charge in [0.1, 0.15) is 5.69 Å². The number of nitro groups is 1.